The molecule has 0 saturated carbocycles. The van der Waals surface area contributed by atoms with Crippen LogP contribution in [-0.2, 0) is 14.6 Å². The Balaban J connectivity index is 1.82. The first-order valence-corrected chi connectivity index (χ1v) is 9.62. The number of carbonyl (C=O) groups is 1. The predicted octanol–water partition coefficient (Wildman–Crippen LogP) is 2.88. The Morgan fingerprint density at radius 3 is 2.28 bits per heavy atom. The monoisotopic (exact) mass is 365 g/mol. The van der Waals surface area contributed by atoms with Gasteiger partial charge >= 0.3 is 0 Å². The first-order chi connectivity index (χ1) is 11.8. The van der Waals surface area contributed by atoms with Crippen molar-refractivity contribution in [3.8, 4) is 5.75 Å². The summed E-state index contributed by atoms with van der Waals surface area (Å²) in [5, 5.41) is 2.82. The van der Waals surface area contributed by atoms with Gasteiger partial charge in [-0.05, 0) is 48.9 Å². The number of benzene rings is 2. The van der Waals surface area contributed by atoms with Crippen LogP contribution in [0.2, 0.25) is 0 Å². The predicted molar refractivity (Wildman–Crippen MR) is 92.6 cm³/mol. The maximum absolute atomic E-state index is 12.8. The van der Waals surface area contributed by atoms with Crippen LogP contribution in [0.3, 0.4) is 0 Å². The summed E-state index contributed by atoms with van der Waals surface area (Å²) < 4.78 is 41.0. The molecule has 0 saturated heterocycles. The van der Waals surface area contributed by atoms with Gasteiger partial charge in [0, 0.05) is 6.26 Å². The highest BCUT2D eigenvalue weighted by molar-refractivity contribution is 7.90. The number of rotatable bonds is 7. The van der Waals surface area contributed by atoms with Gasteiger partial charge in [0.25, 0.3) is 0 Å². The molecule has 0 aliphatic rings. The summed E-state index contributed by atoms with van der Waals surface area (Å²) in [5.41, 5.74) is 0.806. The van der Waals surface area contributed by atoms with E-state index in [0.717, 1.165) is 11.8 Å². The number of hydrogen-bond acceptors (Lipinski definition) is 4. The Morgan fingerprint density at radius 2 is 1.72 bits per heavy atom. The van der Waals surface area contributed by atoms with Crippen LogP contribution in [0, 0.1) is 5.82 Å². The summed E-state index contributed by atoms with van der Waals surface area (Å²) in [5.74, 6) is -0.0405. The molecule has 2 aromatic carbocycles. The summed E-state index contributed by atoms with van der Waals surface area (Å²) >= 11 is 0. The maximum atomic E-state index is 12.8. The van der Waals surface area contributed by atoms with Crippen molar-refractivity contribution in [2.75, 3.05) is 12.9 Å². The zero-order valence-electron chi connectivity index (χ0n) is 14.0. The van der Waals surface area contributed by atoms with E-state index in [1.807, 2.05) is 6.92 Å². The summed E-state index contributed by atoms with van der Waals surface area (Å²) in [4.78, 5) is 12.2. The van der Waals surface area contributed by atoms with Crippen LogP contribution < -0.4 is 10.1 Å². The van der Waals surface area contributed by atoms with Gasteiger partial charge in [-0.2, -0.15) is 0 Å². The van der Waals surface area contributed by atoms with Crippen LogP contribution in [0.4, 0.5) is 4.39 Å². The lowest BCUT2D eigenvalue weighted by Gasteiger charge is -2.15. The smallest absolute Gasteiger partial charge is 0.223 e. The molecule has 25 heavy (non-hydrogen) atoms. The molecule has 2 aromatic rings. The zero-order valence-corrected chi connectivity index (χ0v) is 14.8. The van der Waals surface area contributed by atoms with E-state index in [0.29, 0.717) is 5.75 Å². The molecule has 7 heteroatoms. The van der Waals surface area contributed by atoms with Crippen molar-refractivity contribution < 1.29 is 22.3 Å². The standard InChI is InChI=1S/C18H20FNO4S/c1-13(14-3-9-17(10-4-14)25(2,22)23)20-18(21)11-12-24-16-7-5-15(19)6-8-16/h3-10,13H,11-12H2,1-2H3,(H,20,21). The fourth-order valence-corrected chi connectivity index (χ4v) is 2.82. The second-order valence-electron chi connectivity index (χ2n) is 5.68. The van der Waals surface area contributed by atoms with Crippen molar-refractivity contribution in [2.24, 2.45) is 0 Å². The van der Waals surface area contributed by atoms with Gasteiger partial charge < -0.3 is 10.1 Å². The molecule has 134 valence electrons. The minimum absolute atomic E-state index is 0.156. The SMILES string of the molecule is CC(NC(=O)CCOc1ccc(F)cc1)c1ccc(S(C)(=O)=O)cc1. The van der Waals surface area contributed by atoms with Crippen molar-refractivity contribution in [3.05, 3.63) is 59.9 Å². The summed E-state index contributed by atoms with van der Waals surface area (Å²) in [6.45, 7) is 1.99. The number of amides is 1. The largest absolute Gasteiger partial charge is 0.493 e. The molecule has 1 unspecified atom stereocenters. The molecule has 1 atom stereocenters. The van der Waals surface area contributed by atoms with Crippen LogP contribution in [0.25, 0.3) is 0 Å². The third-order valence-electron chi connectivity index (χ3n) is 3.60. The highest BCUT2D eigenvalue weighted by Gasteiger charge is 2.12. The fourth-order valence-electron chi connectivity index (χ4n) is 2.19. The zero-order chi connectivity index (χ0) is 18.4. The van der Waals surface area contributed by atoms with E-state index < -0.39 is 9.84 Å². The van der Waals surface area contributed by atoms with E-state index in [-0.39, 0.29) is 35.7 Å². The van der Waals surface area contributed by atoms with Crippen LogP contribution in [0.1, 0.15) is 24.9 Å². The van der Waals surface area contributed by atoms with Crippen molar-refractivity contribution >= 4 is 15.7 Å². The second-order valence-corrected chi connectivity index (χ2v) is 7.70. The van der Waals surface area contributed by atoms with Gasteiger partial charge in [-0.25, -0.2) is 12.8 Å². The number of halogens is 1. The number of hydrogen-bond donors (Lipinski definition) is 1. The Bertz CT molecular complexity index is 817. The molecule has 1 N–H and O–H groups in total. The van der Waals surface area contributed by atoms with E-state index in [1.54, 1.807) is 12.1 Å². The molecule has 5 nitrogen and oxygen atoms in total. The third kappa shape index (κ3) is 5.86. The summed E-state index contributed by atoms with van der Waals surface area (Å²) in [6.07, 6.45) is 1.30. The van der Waals surface area contributed by atoms with Gasteiger partial charge in [0.2, 0.25) is 5.91 Å². The van der Waals surface area contributed by atoms with E-state index >= 15 is 0 Å². The van der Waals surface area contributed by atoms with Crippen LogP contribution in [0.5, 0.6) is 5.75 Å². The molecule has 0 heterocycles. The molecule has 0 aliphatic heterocycles. The van der Waals surface area contributed by atoms with E-state index in [1.165, 1.54) is 36.4 Å². The molecular weight excluding hydrogens is 345 g/mol. The molecule has 0 bridgehead atoms. The maximum Gasteiger partial charge on any atom is 0.223 e. The third-order valence-corrected chi connectivity index (χ3v) is 4.73. The van der Waals surface area contributed by atoms with E-state index in [2.05, 4.69) is 5.32 Å². The van der Waals surface area contributed by atoms with Crippen molar-refractivity contribution in [1.29, 1.82) is 0 Å². The highest BCUT2D eigenvalue weighted by Crippen LogP contribution is 2.16. The van der Waals surface area contributed by atoms with Crippen molar-refractivity contribution in [1.82, 2.24) is 5.32 Å². The first-order valence-electron chi connectivity index (χ1n) is 7.73. The Kier molecular flexibility index (Phi) is 6.14. The minimum Gasteiger partial charge on any atom is -0.493 e. The number of nitrogens with one attached hydrogen (secondary N) is 1. The minimum atomic E-state index is -3.24. The first kappa shape index (κ1) is 18.9. The quantitative estimate of drug-likeness (QED) is 0.819. The van der Waals surface area contributed by atoms with Crippen LogP contribution in [-0.4, -0.2) is 27.2 Å². The molecule has 0 aliphatic carbocycles. The number of ether oxygens (including phenoxy) is 1. The number of sulfone groups is 1. The fraction of sp³-hybridized carbons (Fsp3) is 0.278. The summed E-state index contributed by atoms with van der Waals surface area (Å²) in [6, 6.07) is 11.7. The summed E-state index contributed by atoms with van der Waals surface area (Å²) in [7, 11) is -3.24. The van der Waals surface area contributed by atoms with Gasteiger partial charge in [0.05, 0.1) is 24.0 Å². The lowest BCUT2D eigenvalue weighted by molar-refractivity contribution is -0.122. The van der Waals surface area contributed by atoms with Gasteiger partial charge in [0.1, 0.15) is 11.6 Å². The van der Waals surface area contributed by atoms with E-state index in [9.17, 15) is 17.6 Å². The van der Waals surface area contributed by atoms with Gasteiger partial charge in [-0.15, -0.1) is 0 Å². The lowest BCUT2D eigenvalue weighted by atomic mass is 10.1. The van der Waals surface area contributed by atoms with Crippen molar-refractivity contribution in [2.45, 2.75) is 24.3 Å². The number of carbonyl (C=O) groups excluding carboxylic acids is 1. The lowest BCUT2D eigenvalue weighted by Crippen LogP contribution is -2.27. The average Bonchev–Trinajstić information content (AvgIpc) is 2.56. The molecule has 0 aromatic heterocycles. The average molecular weight is 365 g/mol. The van der Waals surface area contributed by atoms with Gasteiger partial charge in [-0.3, -0.25) is 4.79 Å². The molecule has 2 rings (SSSR count). The van der Waals surface area contributed by atoms with Crippen molar-refractivity contribution in [3.63, 3.8) is 0 Å². The molecular formula is C18H20FNO4S. The van der Waals surface area contributed by atoms with Crippen LogP contribution in [0.15, 0.2) is 53.4 Å². The Morgan fingerprint density at radius 1 is 1.12 bits per heavy atom. The Labute approximate surface area is 146 Å². The molecule has 1 amide bonds. The second kappa shape index (κ2) is 8.11. The van der Waals surface area contributed by atoms with Gasteiger partial charge in [-0.1, -0.05) is 12.1 Å². The topological polar surface area (TPSA) is 72.5 Å². The molecule has 0 spiro atoms. The van der Waals surface area contributed by atoms with E-state index in [4.69, 9.17) is 4.74 Å². The molecule has 0 radical (unpaired) electrons. The Hall–Kier alpha value is -2.41. The highest BCUT2D eigenvalue weighted by atomic mass is 32.2. The van der Waals surface area contributed by atoms with Crippen LogP contribution >= 0.6 is 0 Å². The van der Waals surface area contributed by atoms with Gasteiger partial charge in [0.15, 0.2) is 9.84 Å². The molecule has 0 fully saturated rings. The normalized spacial score (nSPS) is 12.4.